The molecule has 0 fully saturated rings. The highest BCUT2D eigenvalue weighted by Gasteiger charge is 1.81. The van der Waals surface area contributed by atoms with Gasteiger partial charge in [-0.1, -0.05) is 0 Å². The second-order valence-corrected chi connectivity index (χ2v) is 2.40. The molecule has 0 rings (SSSR count). The summed E-state index contributed by atoms with van der Waals surface area (Å²) in [6, 6.07) is 0. The van der Waals surface area contributed by atoms with E-state index in [0.29, 0.717) is 6.26 Å². The summed E-state index contributed by atoms with van der Waals surface area (Å²) in [6.45, 7) is -0.0694. The molecule has 0 atom stereocenters. The minimum atomic E-state index is -3.67. The van der Waals surface area contributed by atoms with Crippen LogP contribution in [0.25, 0.3) is 0 Å². The fraction of sp³-hybridized carbons (Fsp3) is 0.500. The van der Waals surface area contributed by atoms with Crippen LogP contribution >= 0.6 is 0 Å². The lowest BCUT2D eigenvalue weighted by molar-refractivity contribution is -0.217. The van der Waals surface area contributed by atoms with Gasteiger partial charge in [-0.3, -0.25) is 9.35 Å². The smallest absolute Gasteiger partial charge is 0.304 e. The maximum absolute atomic E-state index is 9.19. The minimum absolute atomic E-state index is 0.0694. The van der Waals surface area contributed by atoms with Gasteiger partial charge in [0, 0.05) is 0 Å². The van der Waals surface area contributed by atoms with Gasteiger partial charge in [0.05, 0.1) is 6.26 Å². The third kappa shape index (κ3) is 1810. The van der Waals surface area contributed by atoms with Gasteiger partial charge in [-0.05, 0) is 0 Å². The molecule has 2 N–H and O–H groups in total. The van der Waals surface area contributed by atoms with Crippen LogP contribution in [0.15, 0.2) is 0 Å². The van der Waals surface area contributed by atoms with Crippen molar-refractivity contribution in [3.05, 3.63) is 0 Å². The fourth-order valence-corrected chi connectivity index (χ4v) is 0. The van der Waals surface area contributed by atoms with Crippen LogP contribution in [0.1, 0.15) is 0 Å². The summed E-state index contributed by atoms with van der Waals surface area (Å²) in [7, 11) is -3.67. The average Bonchev–Trinajstić information content (AvgIpc) is 1.61. The lowest BCUT2D eigenvalue weighted by atomic mass is 11.7. The first-order valence-electron chi connectivity index (χ1n) is 1.58. The molecule has 6 nitrogen and oxygen atoms in total. The highest BCUT2D eigenvalue weighted by Crippen LogP contribution is 1.60. The summed E-state index contributed by atoms with van der Waals surface area (Å²) in [5.41, 5.74) is 0. The zero-order valence-corrected chi connectivity index (χ0v) is 5.33. The average molecular weight is 158 g/mol. The summed E-state index contributed by atoms with van der Waals surface area (Å²) in [4.78, 5) is 11.6. The number of carbonyl (C=O) groups excluding carboxylic acids is 1. The van der Waals surface area contributed by atoms with E-state index < -0.39 is 10.1 Å². The highest BCUT2D eigenvalue weighted by atomic mass is 32.2. The molecule has 0 aromatic rings. The van der Waals surface area contributed by atoms with Crippen molar-refractivity contribution in [2.24, 2.45) is 0 Å². The Balaban J connectivity index is 0. The molecule has 0 radical (unpaired) electrons. The number of hydrogen-bond acceptors (Lipinski definition) is 5. The monoisotopic (exact) mass is 158 g/mol. The molecule has 0 aromatic heterocycles. The van der Waals surface area contributed by atoms with Crippen LogP contribution in [0.3, 0.4) is 0 Å². The van der Waals surface area contributed by atoms with Crippen LogP contribution in [0.2, 0.25) is 0 Å². The lowest BCUT2D eigenvalue weighted by Gasteiger charge is -1.69. The Morgan fingerprint density at radius 3 is 1.67 bits per heavy atom. The van der Waals surface area contributed by atoms with Gasteiger partial charge in [0.25, 0.3) is 10.1 Å². The second-order valence-electron chi connectivity index (χ2n) is 0.935. The van der Waals surface area contributed by atoms with Gasteiger partial charge in [-0.15, -0.1) is 0 Å². The molecular weight excluding hydrogens is 152 g/mol. The molecular formula is C2H6O6S. The molecule has 56 valence electrons. The molecule has 9 heavy (non-hydrogen) atoms. The molecule has 0 aliphatic rings. The Hall–Kier alpha value is -0.660. The molecule has 0 aliphatic carbocycles. The zero-order valence-electron chi connectivity index (χ0n) is 4.51. The quantitative estimate of drug-likeness (QED) is 0.223. The topological polar surface area (TPSA) is 101 Å². The molecule has 0 bridgehead atoms. The lowest BCUT2D eigenvalue weighted by Crippen LogP contribution is -1.88. The SMILES string of the molecule is CS(=O)(=O)O.O=COO. The van der Waals surface area contributed by atoms with Crippen molar-refractivity contribution in [2.75, 3.05) is 6.26 Å². The Labute approximate surface area is 51.7 Å². The van der Waals surface area contributed by atoms with Gasteiger partial charge < -0.3 is 4.89 Å². The number of rotatable bonds is 1. The van der Waals surface area contributed by atoms with Crippen LogP contribution in [-0.2, 0) is 19.8 Å². The molecule has 0 heterocycles. The Bertz CT molecular complexity index is 136. The van der Waals surface area contributed by atoms with E-state index in [1.807, 2.05) is 0 Å². The Morgan fingerprint density at radius 2 is 1.67 bits per heavy atom. The van der Waals surface area contributed by atoms with E-state index in [9.17, 15) is 8.42 Å². The van der Waals surface area contributed by atoms with Crippen LogP contribution in [0, 0.1) is 0 Å². The van der Waals surface area contributed by atoms with Crippen molar-refractivity contribution in [3.63, 3.8) is 0 Å². The van der Waals surface area contributed by atoms with Crippen molar-refractivity contribution in [1.29, 1.82) is 0 Å². The van der Waals surface area contributed by atoms with E-state index in [0.717, 1.165) is 0 Å². The van der Waals surface area contributed by atoms with Gasteiger partial charge in [0.1, 0.15) is 0 Å². The molecule has 0 aliphatic heterocycles. The van der Waals surface area contributed by atoms with E-state index in [2.05, 4.69) is 4.89 Å². The summed E-state index contributed by atoms with van der Waals surface area (Å²) in [6.07, 6.45) is 0.715. The van der Waals surface area contributed by atoms with Crippen LogP contribution in [0.4, 0.5) is 0 Å². The van der Waals surface area contributed by atoms with Crippen LogP contribution in [-0.4, -0.2) is 31.0 Å². The van der Waals surface area contributed by atoms with Gasteiger partial charge >= 0.3 is 6.47 Å². The predicted molar refractivity (Wildman–Crippen MR) is 27.3 cm³/mol. The molecule has 0 saturated carbocycles. The maximum Gasteiger partial charge on any atom is 0.330 e. The summed E-state index contributed by atoms with van der Waals surface area (Å²) >= 11 is 0. The predicted octanol–water partition coefficient (Wildman–Crippen LogP) is -0.864. The normalized spacial score (nSPS) is 8.78. The van der Waals surface area contributed by atoms with E-state index in [1.165, 1.54) is 0 Å². The first kappa shape index (κ1) is 11.2. The van der Waals surface area contributed by atoms with Crippen molar-refractivity contribution in [1.82, 2.24) is 0 Å². The summed E-state index contributed by atoms with van der Waals surface area (Å²) in [5, 5.41) is 7.01. The second kappa shape index (κ2) is 5.48. The highest BCUT2D eigenvalue weighted by molar-refractivity contribution is 7.85. The van der Waals surface area contributed by atoms with Crippen molar-refractivity contribution in [2.45, 2.75) is 0 Å². The molecule has 0 unspecified atom stereocenters. The Morgan fingerprint density at radius 1 is 1.56 bits per heavy atom. The Kier molecular flexibility index (Phi) is 6.80. The maximum atomic E-state index is 9.19. The third-order valence-corrected chi connectivity index (χ3v) is 0.0430. The first-order valence-corrected chi connectivity index (χ1v) is 3.43. The van der Waals surface area contributed by atoms with Gasteiger partial charge in [-0.2, -0.15) is 8.42 Å². The standard InChI is InChI=1S/CH4O3S.CH2O3/c1-5(2,3)4;2-1-4-3/h1H3,(H,2,3,4);1,3H. The van der Waals surface area contributed by atoms with E-state index in [1.54, 1.807) is 0 Å². The van der Waals surface area contributed by atoms with E-state index in [-0.39, 0.29) is 6.47 Å². The first-order chi connectivity index (χ1) is 3.91. The molecule has 0 aromatic carbocycles. The minimum Gasteiger partial charge on any atom is -0.304 e. The van der Waals surface area contributed by atoms with Crippen molar-refractivity contribution >= 4 is 16.6 Å². The van der Waals surface area contributed by atoms with E-state index >= 15 is 0 Å². The van der Waals surface area contributed by atoms with Crippen LogP contribution < -0.4 is 0 Å². The van der Waals surface area contributed by atoms with Crippen LogP contribution in [0.5, 0.6) is 0 Å². The summed E-state index contributed by atoms with van der Waals surface area (Å²) in [5.74, 6) is 0. The fourth-order valence-electron chi connectivity index (χ4n) is 0. The van der Waals surface area contributed by atoms with Gasteiger partial charge in [0.15, 0.2) is 0 Å². The molecule has 0 amide bonds. The molecule has 7 heteroatoms. The van der Waals surface area contributed by atoms with Crippen molar-refractivity contribution < 1.29 is 27.9 Å². The summed E-state index contributed by atoms with van der Waals surface area (Å²) < 4.78 is 25.9. The van der Waals surface area contributed by atoms with E-state index in [4.69, 9.17) is 14.6 Å². The van der Waals surface area contributed by atoms with Gasteiger partial charge in [0.2, 0.25) is 0 Å². The molecule has 0 saturated heterocycles. The largest absolute Gasteiger partial charge is 0.330 e. The third-order valence-electron chi connectivity index (χ3n) is 0.0430. The molecule has 0 spiro atoms. The number of carbonyl (C=O) groups is 1. The van der Waals surface area contributed by atoms with Crippen molar-refractivity contribution in [3.8, 4) is 0 Å². The zero-order chi connectivity index (χ0) is 7.91. The van der Waals surface area contributed by atoms with Gasteiger partial charge in [-0.25, -0.2) is 5.26 Å². The number of hydrogen-bond donors (Lipinski definition) is 2.